The van der Waals surface area contributed by atoms with Gasteiger partial charge in [-0.05, 0) is 6.92 Å². The van der Waals surface area contributed by atoms with Gasteiger partial charge in [0.1, 0.15) is 0 Å². The Hall–Kier alpha value is 0.0300. The van der Waals surface area contributed by atoms with E-state index < -0.39 is 22.3 Å². The minimum absolute atomic E-state index is 0.142. The first-order valence-electron chi connectivity index (χ1n) is 3.28. The quantitative estimate of drug-likeness (QED) is 0.587. The molecule has 0 rings (SSSR count). The van der Waals surface area contributed by atoms with Crippen LogP contribution in [-0.4, -0.2) is 29.0 Å². The van der Waals surface area contributed by atoms with E-state index in [9.17, 15) is 18.0 Å². The minimum Gasteiger partial charge on any atom is -0.464 e. The van der Waals surface area contributed by atoms with Crippen molar-refractivity contribution in [3.8, 4) is 0 Å². The Balaban J connectivity index is 4.73. The summed E-state index contributed by atoms with van der Waals surface area (Å²) in [6, 6.07) is 0. The second kappa shape index (κ2) is 4.50. The number of hydrogen-bond donors (Lipinski definition) is 0. The molecular formula is C6H7BrClF3O2. The van der Waals surface area contributed by atoms with E-state index in [-0.39, 0.29) is 6.61 Å². The lowest BCUT2D eigenvalue weighted by atomic mass is 10.1. The number of halogens is 5. The first kappa shape index (κ1) is 13.0. The highest BCUT2D eigenvalue weighted by Gasteiger charge is 2.60. The molecule has 1 unspecified atom stereocenters. The highest BCUT2D eigenvalue weighted by atomic mass is 79.9. The molecule has 0 heterocycles. The van der Waals surface area contributed by atoms with Crippen LogP contribution in [0.2, 0.25) is 0 Å². The Morgan fingerprint density at radius 2 is 2.00 bits per heavy atom. The summed E-state index contributed by atoms with van der Waals surface area (Å²) < 4.78 is 40.9. The molecule has 0 bridgehead atoms. The molecule has 0 fully saturated rings. The predicted octanol–water partition coefficient (Wildman–Crippen LogP) is 2.48. The van der Waals surface area contributed by atoms with Crippen molar-refractivity contribution in [1.82, 2.24) is 0 Å². The number of alkyl halides is 5. The van der Waals surface area contributed by atoms with Crippen LogP contribution in [0.5, 0.6) is 0 Å². The van der Waals surface area contributed by atoms with Gasteiger partial charge in [-0.25, -0.2) is 4.79 Å². The van der Waals surface area contributed by atoms with E-state index in [0.29, 0.717) is 0 Å². The van der Waals surface area contributed by atoms with Crippen molar-refractivity contribution in [3.05, 3.63) is 0 Å². The summed E-state index contributed by atoms with van der Waals surface area (Å²) in [5.41, 5.74) is 0. The lowest BCUT2D eigenvalue weighted by Crippen LogP contribution is -2.49. The smallest absolute Gasteiger partial charge is 0.419 e. The molecule has 2 nitrogen and oxygen atoms in total. The molecule has 0 saturated heterocycles. The first-order chi connectivity index (χ1) is 5.79. The summed E-state index contributed by atoms with van der Waals surface area (Å²) in [6.07, 6.45) is -4.83. The number of esters is 1. The van der Waals surface area contributed by atoms with Gasteiger partial charge in [-0.1, -0.05) is 27.5 Å². The van der Waals surface area contributed by atoms with Crippen molar-refractivity contribution in [2.75, 3.05) is 11.9 Å². The monoisotopic (exact) mass is 282 g/mol. The number of rotatable bonds is 3. The van der Waals surface area contributed by atoms with Crippen molar-refractivity contribution in [3.63, 3.8) is 0 Å². The van der Waals surface area contributed by atoms with Gasteiger partial charge in [-0.15, -0.1) is 0 Å². The van der Waals surface area contributed by atoms with E-state index in [0.717, 1.165) is 0 Å². The Labute approximate surface area is 86.5 Å². The van der Waals surface area contributed by atoms with Crippen LogP contribution in [0.15, 0.2) is 0 Å². The topological polar surface area (TPSA) is 26.3 Å². The molecule has 1 atom stereocenters. The summed E-state index contributed by atoms with van der Waals surface area (Å²) in [5, 5.41) is -0.732. The Bertz CT molecular complexity index is 197. The highest BCUT2D eigenvalue weighted by Crippen LogP contribution is 2.38. The minimum atomic E-state index is -4.83. The van der Waals surface area contributed by atoms with Crippen LogP contribution in [0.3, 0.4) is 0 Å². The molecule has 7 heteroatoms. The summed E-state index contributed by atoms with van der Waals surface area (Å²) in [6.45, 7) is 1.26. The average molecular weight is 283 g/mol. The second-order valence-corrected chi connectivity index (χ2v) is 3.36. The van der Waals surface area contributed by atoms with Crippen molar-refractivity contribution in [2.45, 2.75) is 18.0 Å². The predicted molar refractivity (Wildman–Crippen MR) is 45.1 cm³/mol. The fraction of sp³-hybridized carbons (Fsp3) is 0.833. The van der Waals surface area contributed by atoms with Crippen LogP contribution < -0.4 is 0 Å². The maximum atomic E-state index is 12.2. The van der Waals surface area contributed by atoms with Gasteiger partial charge in [-0.3, -0.25) is 0 Å². The number of carbonyl (C=O) groups excluding carboxylic acids is 1. The van der Waals surface area contributed by atoms with E-state index in [1.165, 1.54) is 6.92 Å². The molecule has 78 valence electrons. The van der Waals surface area contributed by atoms with Gasteiger partial charge in [-0.2, -0.15) is 13.2 Å². The van der Waals surface area contributed by atoms with Crippen molar-refractivity contribution >= 4 is 33.5 Å². The van der Waals surface area contributed by atoms with Crippen molar-refractivity contribution in [2.24, 2.45) is 0 Å². The summed E-state index contributed by atoms with van der Waals surface area (Å²) >= 11 is 7.61. The zero-order valence-electron chi connectivity index (χ0n) is 6.62. The fourth-order valence-corrected chi connectivity index (χ4v) is 1.09. The van der Waals surface area contributed by atoms with Crippen LogP contribution >= 0.6 is 27.5 Å². The highest BCUT2D eigenvalue weighted by molar-refractivity contribution is 9.09. The SMILES string of the molecule is CCOC(=O)C(Cl)(CBr)C(F)(F)F. The molecule has 0 aliphatic rings. The van der Waals surface area contributed by atoms with Gasteiger partial charge in [0.05, 0.1) is 6.61 Å². The molecule has 0 radical (unpaired) electrons. The normalized spacial score (nSPS) is 16.5. The fourth-order valence-electron chi connectivity index (χ4n) is 0.492. The van der Waals surface area contributed by atoms with Crippen molar-refractivity contribution < 1.29 is 22.7 Å². The van der Waals surface area contributed by atoms with Crippen molar-refractivity contribution in [1.29, 1.82) is 0 Å². The Morgan fingerprint density at radius 1 is 1.54 bits per heavy atom. The standard InChI is InChI=1S/C6H7BrClF3O2/c1-2-13-4(12)5(8,3-7)6(9,10)11/h2-3H2,1H3. The molecule has 13 heavy (non-hydrogen) atoms. The van der Waals surface area contributed by atoms with Gasteiger partial charge in [0.15, 0.2) is 0 Å². The van der Waals surface area contributed by atoms with E-state index in [4.69, 9.17) is 11.6 Å². The third kappa shape index (κ3) is 2.74. The van der Waals surface area contributed by atoms with E-state index in [1.807, 2.05) is 0 Å². The van der Waals surface area contributed by atoms with Gasteiger partial charge in [0.25, 0.3) is 0 Å². The molecule has 0 amide bonds. The third-order valence-corrected chi connectivity index (χ3v) is 2.90. The molecule has 0 spiro atoms. The third-order valence-electron chi connectivity index (χ3n) is 1.23. The number of carbonyl (C=O) groups is 1. The molecule has 0 N–H and O–H groups in total. The molecular weight excluding hydrogens is 276 g/mol. The maximum Gasteiger partial charge on any atom is 0.419 e. The zero-order chi connectivity index (χ0) is 10.7. The average Bonchev–Trinajstić information content (AvgIpc) is 2.01. The van der Waals surface area contributed by atoms with E-state index >= 15 is 0 Å². The van der Waals surface area contributed by atoms with Crippen LogP contribution in [0.25, 0.3) is 0 Å². The van der Waals surface area contributed by atoms with Gasteiger partial charge >= 0.3 is 12.1 Å². The van der Waals surface area contributed by atoms with Crippen LogP contribution in [0.4, 0.5) is 13.2 Å². The maximum absolute atomic E-state index is 12.2. The molecule has 0 aliphatic heterocycles. The Kier molecular flexibility index (Phi) is 4.51. The van der Waals surface area contributed by atoms with Crippen LogP contribution in [-0.2, 0) is 9.53 Å². The lowest BCUT2D eigenvalue weighted by molar-refractivity contribution is -0.184. The molecule has 0 aromatic rings. The van der Waals surface area contributed by atoms with Gasteiger partial charge < -0.3 is 4.74 Å². The summed E-state index contributed by atoms with van der Waals surface area (Å²) in [7, 11) is 0. The lowest BCUT2D eigenvalue weighted by Gasteiger charge is -2.24. The molecule has 0 saturated carbocycles. The molecule has 0 aliphatic carbocycles. The van der Waals surface area contributed by atoms with Crippen LogP contribution in [0, 0.1) is 0 Å². The van der Waals surface area contributed by atoms with E-state index in [2.05, 4.69) is 20.7 Å². The largest absolute Gasteiger partial charge is 0.464 e. The Morgan fingerprint density at radius 3 is 2.23 bits per heavy atom. The molecule has 0 aromatic carbocycles. The first-order valence-corrected chi connectivity index (χ1v) is 4.78. The van der Waals surface area contributed by atoms with E-state index in [1.54, 1.807) is 0 Å². The van der Waals surface area contributed by atoms with Crippen LogP contribution in [0.1, 0.15) is 6.92 Å². The molecule has 0 aromatic heterocycles. The van der Waals surface area contributed by atoms with Gasteiger partial charge in [0, 0.05) is 5.33 Å². The zero-order valence-corrected chi connectivity index (χ0v) is 8.96. The van der Waals surface area contributed by atoms with Gasteiger partial charge in [0.2, 0.25) is 4.87 Å². The summed E-state index contributed by atoms with van der Waals surface area (Å²) in [5.74, 6) is -1.49. The number of ether oxygens (including phenoxy) is 1. The second-order valence-electron chi connectivity index (χ2n) is 2.15. The summed E-state index contributed by atoms with van der Waals surface area (Å²) in [4.78, 5) is 7.86. The number of hydrogen-bond acceptors (Lipinski definition) is 2.